The number of hydrogen-bond acceptors (Lipinski definition) is 4. The van der Waals surface area contributed by atoms with Crippen LogP contribution in [0.15, 0.2) is 42.6 Å². The van der Waals surface area contributed by atoms with Crippen LogP contribution in [0, 0.1) is 0 Å². The summed E-state index contributed by atoms with van der Waals surface area (Å²) in [7, 11) is 1.62. The van der Waals surface area contributed by atoms with Crippen molar-refractivity contribution in [2.45, 2.75) is 12.5 Å². The largest absolute Gasteiger partial charge is 0.497 e. The molecule has 2 aromatic rings. The lowest BCUT2D eigenvalue weighted by atomic mass is 10.1. The summed E-state index contributed by atoms with van der Waals surface area (Å²) in [6, 6.07) is 11.0. The highest BCUT2D eigenvalue weighted by atomic mass is 35.5. The zero-order valence-electron chi connectivity index (χ0n) is 12.7. The van der Waals surface area contributed by atoms with Crippen molar-refractivity contribution in [1.82, 2.24) is 9.88 Å². The molecule has 0 spiro atoms. The van der Waals surface area contributed by atoms with Crippen LogP contribution in [-0.2, 0) is 11.2 Å². The lowest BCUT2D eigenvalue weighted by Crippen LogP contribution is -2.56. The van der Waals surface area contributed by atoms with Crippen molar-refractivity contribution in [2.24, 2.45) is 0 Å². The van der Waals surface area contributed by atoms with E-state index in [1.54, 1.807) is 30.3 Å². The fourth-order valence-electron chi connectivity index (χ4n) is 2.35. The normalized spacial score (nSPS) is 14.3. The van der Waals surface area contributed by atoms with Gasteiger partial charge in [0.15, 0.2) is 0 Å². The van der Waals surface area contributed by atoms with Gasteiger partial charge >= 0.3 is 0 Å². The highest BCUT2D eigenvalue weighted by Gasteiger charge is 2.32. The zero-order valence-corrected chi connectivity index (χ0v) is 13.5. The molecule has 0 unspecified atom stereocenters. The molecule has 5 nitrogen and oxygen atoms in total. The predicted octanol–water partition coefficient (Wildman–Crippen LogP) is 2.58. The van der Waals surface area contributed by atoms with Crippen molar-refractivity contribution in [2.75, 3.05) is 20.2 Å². The molecule has 0 radical (unpaired) electrons. The molecular formula is C17H17ClN2O3. The molecule has 1 aliphatic heterocycles. The van der Waals surface area contributed by atoms with Crippen LogP contribution in [0.25, 0.3) is 0 Å². The number of halogens is 1. The minimum atomic E-state index is -0.0107. The fraction of sp³-hybridized carbons (Fsp3) is 0.294. The average Bonchev–Trinajstić information content (AvgIpc) is 2.53. The number of benzene rings is 1. The summed E-state index contributed by atoms with van der Waals surface area (Å²) in [5.41, 5.74) is 0.972. The maximum absolute atomic E-state index is 12.2. The molecule has 1 aliphatic rings. The van der Waals surface area contributed by atoms with Gasteiger partial charge in [-0.05, 0) is 23.8 Å². The Balaban J connectivity index is 1.46. The van der Waals surface area contributed by atoms with Crippen LogP contribution in [0.2, 0.25) is 5.02 Å². The standard InChI is InChI=1S/C17H17ClN2O3/c1-22-14-5-2-12(3-6-14)8-17(21)20-10-15(11-20)23-16-7-4-13(18)9-19-16/h2-7,9,15H,8,10-11H2,1H3. The summed E-state index contributed by atoms with van der Waals surface area (Å²) >= 11 is 5.78. The Hall–Kier alpha value is -2.27. The first-order chi connectivity index (χ1) is 11.1. The molecule has 0 saturated carbocycles. The van der Waals surface area contributed by atoms with Gasteiger partial charge in [-0.2, -0.15) is 0 Å². The number of carbonyl (C=O) groups excluding carboxylic acids is 1. The highest BCUT2D eigenvalue weighted by Crippen LogP contribution is 2.19. The molecular weight excluding hydrogens is 316 g/mol. The van der Waals surface area contributed by atoms with E-state index < -0.39 is 0 Å². The summed E-state index contributed by atoms with van der Waals surface area (Å²) in [5.74, 6) is 1.41. The second-order valence-corrected chi connectivity index (χ2v) is 5.81. The van der Waals surface area contributed by atoms with E-state index in [2.05, 4.69) is 4.98 Å². The van der Waals surface area contributed by atoms with Crippen LogP contribution in [0.4, 0.5) is 0 Å². The quantitative estimate of drug-likeness (QED) is 0.844. The molecule has 2 heterocycles. The van der Waals surface area contributed by atoms with E-state index in [0.29, 0.717) is 30.4 Å². The van der Waals surface area contributed by atoms with Gasteiger partial charge in [0.1, 0.15) is 11.9 Å². The molecule has 6 heteroatoms. The molecule has 1 aromatic heterocycles. The van der Waals surface area contributed by atoms with E-state index in [4.69, 9.17) is 21.1 Å². The number of pyridine rings is 1. The first-order valence-corrected chi connectivity index (χ1v) is 7.71. The first-order valence-electron chi connectivity index (χ1n) is 7.33. The van der Waals surface area contributed by atoms with Gasteiger partial charge < -0.3 is 14.4 Å². The van der Waals surface area contributed by atoms with Crippen molar-refractivity contribution in [3.63, 3.8) is 0 Å². The number of aromatic nitrogens is 1. The third-order valence-corrected chi connectivity index (χ3v) is 3.93. The maximum atomic E-state index is 12.2. The Morgan fingerprint density at radius 1 is 1.26 bits per heavy atom. The summed E-state index contributed by atoms with van der Waals surface area (Å²) in [4.78, 5) is 18.1. The second-order valence-electron chi connectivity index (χ2n) is 5.38. The molecule has 0 N–H and O–H groups in total. The average molecular weight is 333 g/mol. The number of carbonyl (C=O) groups is 1. The Morgan fingerprint density at radius 2 is 2.00 bits per heavy atom. The van der Waals surface area contributed by atoms with E-state index in [1.807, 2.05) is 24.3 Å². The molecule has 0 aliphatic carbocycles. The molecule has 1 aromatic carbocycles. The number of amides is 1. The first kappa shape index (κ1) is 15.6. The predicted molar refractivity (Wildman–Crippen MR) is 86.9 cm³/mol. The topological polar surface area (TPSA) is 51.7 Å². The molecule has 1 fully saturated rings. The van der Waals surface area contributed by atoms with Crippen molar-refractivity contribution >= 4 is 17.5 Å². The summed E-state index contributed by atoms with van der Waals surface area (Å²) < 4.78 is 10.8. The van der Waals surface area contributed by atoms with Crippen LogP contribution in [0.1, 0.15) is 5.56 Å². The highest BCUT2D eigenvalue weighted by molar-refractivity contribution is 6.30. The Labute approximate surface area is 139 Å². The van der Waals surface area contributed by atoms with Gasteiger partial charge in [0.05, 0.1) is 31.6 Å². The van der Waals surface area contributed by atoms with Gasteiger partial charge in [0.2, 0.25) is 11.8 Å². The molecule has 0 bridgehead atoms. The van der Waals surface area contributed by atoms with Crippen LogP contribution in [0.5, 0.6) is 11.6 Å². The van der Waals surface area contributed by atoms with Gasteiger partial charge in [-0.15, -0.1) is 0 Å². The number of methoxy groups -OCH3 is 1. The molecule has 3 rings (SSSR count). The third kappa shape index (κ3) is 3.93. The van der Waals surface area contributed by atoms with Gasteiger partial charge in [-0.1, -0.05) is 23.7 Å². The molecule has 23 heavy (non-hydrogen) atoms. The second kappa shape index (κ2) is 6.87. The van der Waals surface area contributed by atoms with Crippen molar-refractivity contribution < 1.29 is 14.3 Å². The smallest absolute Gasteiger partial charge is 0.227 e. The van der Waals surface area contributed by atoms with Crippen LogP contribution in [0.3, 0.4) is 0 Å². The number of nitrogens with zero attached hydrogens (tertiary/aromatic N) is 2. The number of likely N-dealkylation sites (tertiary alicyclic amines) is 1. The molecule has 1 amide bonds. The SMILES string of the molecule is COc1ccc(CC(=O)N2CC(Oc3ccc(Cl)cn3)C2)cc1. The van der Waals surface area contributed by atoms with Crippen LogP contribution >= 0.6 is 11.6 Å². The van der Waals surface area contributed by atoms with Crippen molar-refractivity contribution in [1.29, 1.82) is 0 Å². The monoisotopic (exact) mass is 332 g/mol. The maximum Gasteiger partial charge on any atom is 0.227 e. The van der Waals surface area contributed by atoms with Gasteiger partial charge in [0, 0.05) is 12.3 Å². The van der Waals surface area contributed by atoms with Gasteiger partial charge in [-0.25, -0.2) is 4.98 Å². The number of rotatable bonds is 5. The van der Waals surface area contributed by atoms with E-state index >= 15 is 0 Å². The third-order valence-electron chi connectivity index (χ3n) is 3.70. The minimum absolute atomic E-state index is 0.0107. The van der Waals surface area contributed by atoms with Gasteiger partial charge in [-0.3, -0.25) is 4.79 Å². The van der Waals surface area contributed by atoms with Crippen molar-refractivity contribution in [3.05, 3.63) is 53.2 Å². The van der Waals surface area contributed by atoms with Crippen LogP contribution < -0.4 is 9.47 Å². The summed E-state index contributed by atoms with van der Waals surface area (Å²) in [5, 5.41) is 0.572. The van der Waals surface area contributed by atoms with Crippen LogP contribution in [-0.4, -0.2) is 42.1 Å². The Kier molecular flexibility index (Phi) is 4.67. The molecule has 1 saturated heterocycles. The Bertz CT molecular complexity index is 667. The molecule has 0 atom stereocenters. The lowest BCUT2D eigenvalue weighted by molar-refractivity contribution is -0.139. The van der Waals surface area contributed by atoms with Gasteiger partial charge in [0.25, 0.3) is 0 Å². The van der Waals surface area contributed by atoms with E-state index in [-0.39, 0.29) is 12.0 Å². The van der Waals surface area contributed by atoms with Crippen molar-refractivity contribution in [3.8, 4) is 11.6 Å². The number of ether oxygens (including phenoxy) is 2. The summed E-state index contributed by atoms with van der Waals surface area (Å²) in [6.45, 7) is 1.17. The fourth-order valence-corrected chi connectivity index (χ4v) is 2.46. The van der Waals surface area contributed by atoms with E-state index in [0.717, 1.165) is 11.3 Å². The zero-order chi connectivity index (χ0) is 16.2. The Morgan fingerprint density at radius 3 is 2.61 bits per heavy atom. The summed E-state index contributed by atoms with van der Waals surface area (Å²) in [6.07, 6.45) is 1.92. The van der Waals surface area contributed by atoms with E-state index in [1.165, 1.54) is 0 Å². The molecule has 120 valence electrons. The minimum Gasteiger partial charge on any atom is -0.497 e. The number of hydrogen-bond donors (Lipinski definition) is 0. The lowest BCUT2D eigenvalue weighted by Gasteiger charge is -2.38. The van der Waals surface area contributed by atoms with E-state index in [9.17, 15) is 4.79 Å².